The molecular formula is C21H33N3O3S. The fourth-order valence-electron chi connectivity index (χ4n) is 4.13. The first-order valence-corrected chi connectivity index (χ1v) is 11.9. The zero-order chi connectivity index (χ0) is 20.5. The molecular weight excluding hydrogens is 374 g/mol. The molecule has 156 valence electrons. The van der Waals surface area contributed by atoms with Crippen LogP contribution in [0.3, 0.4) is 0 Å². The molecule has 1 atom stereocenters. The number of nitrogens with one attached hydrogen (secondary N) is 2. The lowest BCUT2D eigenvalue weighted by Crippen LogP contribution is -2.41. The number of anilines is 1. The number of nitrogens with zero attached hydrogens (tertiary/aromatic N) is 1. The molecule has 28 heavy (non-hydrogen) atoms. The molecule has 0 saturated heterocycles. The van der Waals surface area contributed by atoms with E-state index in [1.54, 1.807) is 6.92 Å². The van der Waals surface area contributed by atoms with Gasteiger partial charge in [0.1, 0.15) is 0 Å². The number of amides is 2. The summed E-state index contributed by atoms with van der Waals surface area (Å²) in [6, 6.07) is 2.00. The molecule has 1 unspecified atom stereocenters. The highest BCUT2D eigenvalue weighted by Crippen LogP contribution is 2.38. The third-order valence-corrected chi connectivity index (χ3v) is 8.01. The van der Waals surface area contributed by atoms with E-state index >= 15 is 0 Å². The fraction of sp³-hybridized carbons (Fsp3) is 0.667. The molecule has 0 heterocycles. The first kappa shape index (κ1) is 21.1. The molecule has 7 heteroatoms. The molecule has 1 aromatic rings. The van der Waals surface area contributed by atoms with E-state index in [1.165, 1.54) is 22.3 Å². The Bertz CT molecular complexity index is 817. The topological polar surface area (TPSA) is 78.5 Å². The van der Waals surface area contributed by atoms with Gasteiger partial charge in [0, 0.05) is 11.7 Å². The standard InChI is InChI=1S/C21H33N3O3S/c1-14(2)24(4)12-11-15(3)28(26,27)23-21(25)22-20-18-9-5-7-16(18)13-17-8-6-10-19(17)20/h13-15H,5-12H2,1-4H3,(H2,22,23,25). The molecule has 3 rings (SSSR count). The molecule has 0 saturated carbocycles. The Kier molecular flexibility index (Phi) is 6.34. The minimum Gasteiger partial charge on any atom is -0.307 e. The Morgan fingerprint density at radius 3 is 2.18 bits per heavy atom. The van der Waals surface area contributed by atoms with Gasteiger partial charge in [-0.05, 0) is 102 Å². The first-order chi connectivity index (χ1) is 13.2. The highest BCUT2D eigenvalue weighted by molar-refractivity contribution is 7.90. The Balaban J connectivity index is 1.68. The van der Waals surface area contributed by atoms with Crippen LogP contribution >= 0.6 is 0 Å². The van der Waals surface area contributed by atoms with Crippen LogP contribution in [-0.2, 0) is 35.7 Å². The maximum atomic E-state index is 12.6. The van der Waals surface area contributed by atoms with Crippen LogP contribution in [0.15, 0.2) is 6.07 Å². The average Bonchev–Trinajstić information content (AvgIpc) is 3.27. The van der Waals surface area contributed by atoms with Crippen molar-refractivity contribution in [3.63, 3.8) is 0 Å². The second-order valence-electron chi connectivity index (χ2n) is 8.51. The summed E-state index contributed by atoms with van der Waals surface area (Å²) in [5.74, 6) is 0. The predicted octanol–water partition coefficient (Wildman–Crippen LogP) is 3.23. The van der Waals surface area contributed by atoms with Crippen molar-refractivity contribution in [2.24, 2.45) is 0 Å². The minimum absolute atomic E-state index is 0.355. The Morgan fingerprint density at radius 1 is 1.07 bits per heavy atom. The molecule has 0 fully saturated rings. The number of carbonyl (C=O) groups excluding carboxylic acids is 1. The molecule has 0 bridgehead atoms. The van der Waals surface area contributed by atoms with Crippen LogP contribution in [0.25, 0.3) is 0 Å². The van der Waals surface area contributed by atoms with Crippen molar-refractivity contribution in [3.05, 3.63) is 28.3 Å². The van der Waals surface area contributed by atoms with Crippen LogP contribution in [0.2, 0.25) is 0 Å². The van der Waals surface area contributed by atoms with Gasteiger partial charge in [-0.25, -0.2) is 17.9 Å². The molecule has 6 nitrogen and oxygen atoms in total. The van der Waals surface area contributed by atoms with E-state index in [-0.39, 0.29) is 0 Å². The molecule has 2 amide bonds. The van der Waals surface area contributed by atoms with Crippen LogP contribution < -0.4 is 10.0 Å². The predicted molar refractivity (Wildman–Crippen MR) is 113 cm³/mol. The van der Waals surface area contributed by atoms with Crippen LogP contribution in [0.1, 0.15) is 62.3 Å². The Morgan fingerprint density at radius 2 is 1.64 bits per heavy atom. The molecule has 0 aliphatic heterocycles. The van der Waals surface area contributed by atoms with Gasteiger partial charge in [-0.1, -0.05) is 6.07 Å². The number of fused-ring (bicyclic) bond motifs is 2. The van der Waals surface area contributed by atoms with Crippen molar-refractivity contribution in [1.29, 1.82) is 0 Å². The summed E-state index contributed by atoms with van der Waals surface area (Å²) in [7, 11) is -1.74. The normalized spacial score (nSPS) is 16.9. The van der Waals surface area contributed by atoms with Crippen LogP contribution in [0.4, 0.5) is 10.5 Å². The number of hydrogen-bond donors (Lipinski definition) is 2. The number of urea groups is 1. The second-order valence-corrected chi connectivity index (χ2v) is 10.6. The number of rotatable bonds is 7. The van der Waals surface area contributed by atoms with Gasteiger partial charge in [-0.2, -0.15) is 0 Å². The highest BCUT2D eigenvalue weighted by atomic mass is 32.2. The van der Waals surface area contributed by atoms with E-state index in [0.717, 1.165) is 44.2 Å². The van der Waals surface area contributed by atoms with E-state index in [0.29, 0.717) is 19.0 Å². The number of aryl methyl sites for hydroxylation is 2. The highest BCUT2D eigenvalue weighted by Gasteiger charge is 2.27. The van der Waals surface area contributed by atoms with Crippen LogP contribution in [0.5, 0.6) is 0 Å². The Labute approximate surface area is 169 Å². The lowest BCUT2D eigenvalue weighted by Gasteiger charge is -2.23. The SMILES string of the molecule is CC(C)N(C)CCC(C)S(=O)(=O)NC(=O)Nc1c2c(cc3c1CCC3)CCC2. The minimum atomic E-state index is -3.72. The molecule has 1 aromatic carbocycles. The lowest BCUT2D eigenvalue weighted by atomic mass is 9.99. The third kappa shape index (κ3) is 4.51. The van der Waals surface area contributed by atoms with E-state index in [1.807, 2.05) is 7.05 Å². The van der Waals surface area contributed by atoms with Gasteiger partial charge in [0.15, 0.2) is 0 Å². The van der Waals surface area contributed by atoms with Gasteiger partial charge in [0.25, 0.3) is 0 Å². The summed E-state index contributed by atoms with van der Waals surface area (Å²) in [6.45, 7) is 6.46. The number of benzene rings is 1. The van der Waals surface area contributed by atoms with Gasteiger partial charge < -0.3 is 10.2 Å². The van der Waals surface area contributed by atoms with Crippen LogP contribution in [0, 0.1) is 0 Å². The number of hydrogen-bond acceptors (Lipinski definition) is 4. The molecule has 0 spiro atoms. The number of carbonyl (C=O) groups is 1. The van der Waals surface area contributed by atoms with Gasteiger partial charge in [-0.3, -0.25) is 0 Å². The Hall–Kier alpha value is -1.60. The zero-order valence-electron chi connectivity index (χ0n) is 17.5. The number of sulfonamides is 1. The van der Waals surface area contributed by atoms with Crippen molar-refractivity contribution < 1.29 is 13.2 Å². The molecule has 2 aliphatic carbocycles. The molecule has 0 aromatic heterocycles. The maximum absolute atomic E-state index is 12.6. The molecule has 0 radical (unpaired) electrons. The monoisotopic (exact) mass is 407 g/mol. The summed E-state index contributed by atoms with van der Waals surface area (Å²) >= 11 is 0. The molecule has 2 aliphatic rings. The zero-order valence-corrected chi connectivity index (χ0v) is 18.3. The maximum Gasteiger partial charge on any atom is 0.332 e. The molecule has 2 N–H and O–H groups in total. The van der Waals surface area contributed by atoms with Gasteiger partial charge >= 0.3 is 6.03 Å². The average molecular weight is 408 g/mol. The summed E-state index contributed by atoms with van der Waals surface area (Å²) < 4.78 is 27.4. The van der Waals surface area contributed by atoms with E-state index in [4.69, 9.17) is 0 Å². The van der Waals surface area contributed by atoms with Gasteiger partial charge in [0.2, 0.25) is 10.0 Å². The fourth-order valence-corrected chi connectivity index (χ4v) is 5.06. The third-order valence-electron chi connectivity index (χ3n) is 6.25. The lowest BCUT2D eigenvalue weighted by molar-refractivity contribution is 0.256. The van der Waals surface area contributed by atoms with Crippen molar-refractivity contribution in [2.45, 2.75) is 77.0 Å². The smallest absolute Gasteiger partial charge is 0.307 e. The van der Waals surface area contributed by atoms with E-state index in [9.17, 15) is 13.2 Å². The summed E-state index contributed by atoms with van der Waals surface area (Å²) in [5, 5.41) is 2.26. The van der Waals surface area contributed by atoms with E-state index in [2.05, 4.69) is 34.9 Å². The largest absolute Gasteiger partial charge is 0.332 e. The van der Waals surface area contributed by atoms with Crippen molar-refractivity contribution in [2.75, 3.05) is 18.9 Å². The quantitative estimate of drug-likeness (QED) is 0.727. The van der Waals surface area contributed by atoms with Gasteiger partial charge in [0.05, 0.1) is 5.25 Å². The second kappa shape index (κ2) is 8.41. The first-order valence-electron chi connectivity index (χ1n) is 10.4. The van der Waals surface area contributed by atoms with E-state index < -0.39 is 21.3 Å². The summed E-state index contributed by atoms with van der Waals surface area (Å²) in [5.41, 5.74) is 5.87. The summed E-state index contributed by atoms with van der Waals surface area (Å²) in [6.07, 6.45) is 6.63. The van der Waals surface area contributed by atoms with Crippen molar-refractivity contribution in [1.82, 2.24) is 9.62 Å². The van der Waals surface area contributed by atoms with Crippen molar-refractivity contribution in [3.8, 4) is 0 Å². The summed E-state index contributed by atoms with van der Waals surface area (Å²) in [4.78, 5) is 14.7. The van der Waals surface area contributed by atoms with Crippen molar-refractivity contribution >= 4 is 21.7 Å². The van der Waals surface area contributed by atoms with Crippen LogP contribution in [-0.4, -0.2) is 44.2 Å². The van der Waals surface area contributed by atoms with Gasteiger partial charge in [-0.15, -0.1) is 0 Å².